The van der Waals surface area contributed by atoms with E-state index in [0.29, 0.717) is 6.42 Å². The molecule has 1 aliphatic rings. The van der Waals surface area contributed by atoms with Crippen molar-refractivity contribution in [3.63, 3.8) is 0 Å². The van der Waals surface area contributed by atoms with Crippen LogP contribution in [0.25, 0.3) is 5.69 Å². The van der Waals surface area contributed by atoms with E-state index in [4.69, 9.17) is 0 Å². The minimum atomic E-state index is -0.0373. The van der Waals surface area contributed by atoms with Crippen molar-refractivity contribution < 1.29 is 4.79 Å². The first kappa shape index (κ1) is 16.7. The molecule has 1 aliphatic heterocycles. The Balaban J connectivity index is 1.54. The molecule has 0 bridgehead atoms. The van der Waals surface area contributed by atoms with E-state index in [1.54, 1.807) is 6.20 Å². The molecular formula is C19H26N4O. The summed E-state index contributed by atoms with van der Waals surface area (Å²) in [6, 6.07) is 9.93. The normalized spacial score (nSPS) is 16.2. The molecule has 2 aromatic rings. The van der Waals surface area contributed by atoms with Gasteiger partial charge in [0, 0.05) is 18.8 Å². The van der Waals surface area contributed by atoms with Gasteiger partial charge in [-0.2, -0.15) is 5.10 Å². The Labute approximate surface area is 143 Å². The van der Waals surface area contributed by atoms with Gasteiger partial charge >= 0.3 is 0 Å². The van der Waals surface area contributed by atoms with E-state index in [2.05, 4.69) is 15.3 Å². The smallest absolute Gasteiger partial charge is 0.220 e. The molecule has 5 nitrogen and oxygen atoms in total. The summed E-state index contributed by atoms with van der Waals surface area (Å²) in [4.78, 5) is 14.7. The van der Waals surface area contributed by atoms with Crippen LogP contribution in [-0.2, 0) is 4.79 Å². The maximum Gasteiger partial charge on any atom is 0.220 e. The monoisotopic (exact) mass is 326 g/mol. The number of hydrogen-bond acceptors (Lipinski definition) is 3. The molecule has 0 spiro atoms. The van der Waals surface area contributed by atoms with E-state index < -0.39 is 0 Å². The fourth-order valence-electron chi connectivity index (χ4n) is 3.33. The molecule has 0 saturated carbocycles. The van der Waals surface area contributed by atoms with E-state index in [-0.39, 0.29) is 11.9 Å². The number of amides is 1. The lowest BCUT2D eigenvalue weighted by atomic mass is 10.1. The summed E-state index contributed by atoms with van der Waals surface area (Å²) in [5.41, 5.74) is 2.08. The molecule has 0 unspecified atom stereocenters. The SMILES string of the molecule is C[C@H](NC(=O)CCCN1CCCC1)c1ccccc1-n1cccn1. The molecule has 1 aromatic carbocycles. The topological polar surface area (TPSA) is 50.2 Å². The van der Waals surface area contributed by atoms with Gasteiger partial charge in [0.05, 0.1) is 11.7 Å². The van der Waals surface area contributed by atoms with E-state index in [9.17, 15) is 4.79 Å². The van der Waals surface area contributed by atoms with Crippen molar-refractivity contribution in [1.82, 2.24) is 20.0 Å². The Bertz CT molecular complexity index is 647. The summed E-state index contributed by atoms with van der Waals surface area (Å²) in [5.74, 6) is 0.122. The summed E-state index contributed by atoms with van der Waals surface area (Å²) in [7, 11) is 0. The molecule has 1 amide bonds. The van der Waals surface area contributed by atoms with E-state index in [1.807, 2.05) is 48.1 Å². The van der Waals surface area contributed by atoms with Gasteiger partial charge in [-0.05, 0) is 63.5 Å². The molecule has 128 valence electrons. The summed E-state index contributed by atoms with van der Waals surface area (Å²) in [6.07, 6.45) is 7.80. The van der Waals surface area contributed by atoms with Crippen LogP contribution in [-0.4, -0.2) is 40.2 Å². The van der Waals surface area contributed by atoms with Crippen molar-refractivity contribution in [2.24, 2.45) is 0 Å². The number of para-hydroxylation sites is 1. The number of likely N-dealkylation sites (tertiary alicyclic amines) is 1. The zero-order valence-electron chi connectivity index (χ0n) is 14.3. The maximum atomic E-state index is 12.2. The highest BCUT2D eigenvalue weighted by Gasteiger charge is 2.15. The van der Waals surface area contributed by atoms with Gasteiger partial charge in [-0.3, -0.25) is 4.79 Å². The third-order valence-electron chi connectivity index (χ3n) is 4.61. The Morgan fingerprint density at radius 3 is 2.79 bits per heavy atom. The van der Waals surface area contributed by atoms with Crippen molar-refractivity contribution in [1.29, 1.82) is 0 Å². The van der Waals surface area contributed by atoms with Gasteiger partial charge in [-0.15, -0.1) is 0 Å². The van der Waals surface area contributed by atoms with Crippen LogP contribution >= 0.6 is 0 Å². The molecule has 1 saturated heterocycles. The second-order valence-electron chi connectivity index (χ2n) is 6.45. The fraction of sp³-hybridized carbons (Fsp3) is 0.474. The quantitative estimate of drug-likeness (QED) is 0.851. The summed E-state index contributed by atoms with van der Waals surface area (Å²) >= 11 is 0. The summed E-state index contributed by atoms with van der Waals surface area (Å²) in [6.45, 7) is 5.44. The molecule has 1 N–H and O–H groups in total. The lowest BCUT2D eigenvalue weighted by molar-refractivity contribution is -0.121. The van der Waals surface area contributed by atoms with Gasteiger partial charge in [0.1, 0.15) is 0 Å². The zero-order chi connectivity index (χ0) is 16.8. The van der Waals surface area contributed by atoms with Crippen molar-refractivity contribution in [3.8, 4) is 5.69 Å². The zero-order valence-corrected chi connectivity index (χ0v) is 14.3. The number of nitrogens with one attached hydrogen (secondary N) is 1. The Morgan fingerprint density at radius 1 is 1.25 bits per heavy atom. The van der Waals surface area contributed by atoms with Crippen molar-refractivity contribution in [2.45, 2.75) is 38.6 Å². The largest absolute Gasteiger partial charge is 0.350 e. The molecule has 3 rings (SSSR count). The molecule has 2 heterocycles. The van der Waals surface area contributed by atoms with Crippen LogP contribution < -0.4 is 5.32 Å². The second-order valence-corrected chi connectivity index (χ2v) is 6.45. The molecule has 5 heteroatoms. The average Bonchev–Trinajstić information content (AvgIpc) is 3.28. The lowest BCUT2D eigenvalue weighted by Crippen LogP contribution is -2.28. The first-order valence-corrected chi connectivity index (χ1v) is 8.85. The van der Waals surface area contributed by atoms with E-state index in [0.717, 1.165) is 24.2 Å². The predicted molar refractivity (Wildman–Crippen MR) is 95.0 cm³/mol. The van der Waals surface area contributed by atoms with Gasteiger partial charge in [0.25, 0.3) is 0 Å². The molecule has 0 radical (unpaired) electrons. The molecular weight excluding hydrogens is 300 g/mol. The van der Waals surface area contributed by atoms with Crippen LogP contribution in [0, 0.1) is 0 Å². The minimum Gasteiger partial charge on any atom is -0.350 e. The van der Waals surface area contributed by atoms with E-state index >= 15 is 0 Å². The standard InChI is InChI=1S/C19H26N4O/c1-16(21-19(24)10-6-14-22-12-4-5-13-22)17-8-2-3-9-18(17)23-15-7-11-20-23/h2-3,7-9,11,15-16H,4-6,10,12-14H2,1H3,(H,21,24)/t16-/m0/s1. The highest BCUT2D eigenvalue weighted by molar-refractivity contribution is 5.76. The third-order valence-corrected chi connectivity index (χ3v) is 4.61. The van der Waals surface area contributed by atoms with Crippen LogP contribution in [0.1, 0.15) is 44.2 Å². The van der Waals surface area contributed by atoms with Crippen molar-refractivity contribution in [2.75, 3.05) is 19.6 Å². The van der Waals surface area contributed by atoms with Crippen molar-refractivity contribution >= 4 is 5.91 Å². The number of carbonyl (C=O) groups excluding carboxylic acids is 1. The van der Waals surface area contributed by atoms with Crippen LogP contribution in [0.4, 0.5) is 0 Å². The number of hydrogen-bond donors (Lipinski definition) is 1. The van der Waals surface area contributed by atoms with Gasteiger partial charge in [0.15, 0.2) is 0 Å². The molecule has 1 fully saturated rings. The molecule has 1 aromatic heterocycles. The Kier molecular flexibility index (Phi) is 5.64. The third kappa shape index (κ3) is 4.23. The number of nitrogens with zero attached hydrogens (tertiary/aromatic N) is 3. The van der Waals surface area contributed by atoms with Crippen LogP contribution in [0.3, 0.4) is 0 Å². The van der Waals surface area contributed by atoms with E-state index in [1.165, 1.54) is 25.9 Å². The van der Waals surface area contributed by atoms with Gasteiger partial charge in [-0.25, -0.2) is 4.68 Å². The fourth-order valence-corrected chi connectivity index (χ4v) is 3.33. The molecule has 0 aliphatic carbocycles. The molecule has 24 heavy (non-hydrogen) atoms. The first-order chi connectivity index (χ1) is 11.7. The molecule has 1 atom stereocenters. The minimum absolute atomic E-state index is 0.0373. The number of aromatic nitrogens is 2. The number of benzene rings is 1. The highest BCUT2D eigenvalue weighted by Crippen LogP contribution is 2.21. The van der Waals surface area contributed by atoms with Gasteiger partial charge < -0.3 is 10.2 Å². The van der Waals surface area contributed by atoms with Gasteiger partial charge in [-0.1, -0.05) is 18.2 Å². The predicted octanol–water partition coefficient (Wildman–Crippen LogP) is 2.93. The van der Waals surface area contributed by atoms with Crippen LogP contribution in [0.15, 0.2) is 42.7 Å². The van der Waals surface area contributed by atoms with Crippen molar-refractivity contribution in [3.05, 3.63) is 48.3 Å². The van der Waals surface area contributed by atoms with Crippen LogP contribution in [0.2, 0.25) is 0 Å². The number of carbonyl (C=O) groups is 1. The maximum absolute atomic E-state index is 12.2. The summed E-state index contributed by atoms with van der Waals surface area (Å²) in [5, 5.41) is 7.43. The highest BCUT2D eigenvalue weighted by atomic mass is 16.1. The average molecular weight is 326 g/mol. The summed E-state index contributed by atoms with van der Waals surface area (Å²) < 4.78 is 1.84. The lowest BCUT2D eigenvalue weighted by Gasteiger charge is -2.19. The van der Waals surface area contributed by atoms with Gasteiger partial charge in [0.2, 0.25) is 5.91 Å². The van der Waals surface area contributed by atoms with Crippen LogP contribution in [0.5, 0.6) is 0 Å². The Hall–Kier alpha value is -2.14. The second kappa shape index (κ2) is 8.11. The first-order valence-electron chi connectivity index (χ1n) is 8.85. The Morgan fingerprint density at radius 2 is 2.04 bits per heavy atom. The number of rotatable bonds is 7.